The number of hydrogen-bond donors (Lipinski definition) is 2. The van der Waals surface area contributed by atoms with Crippen LogP contribution in [0.4, 0.5) is 8.78 Å². The molecule has 0 aliphatic heterocycles. The lowest BCUT2D eigenvalue weighted by Crippen LogP contribution is -2.28. The van der Waals surface area contributed by atoms with Gasteiger partial charge in [-0.3, -0.25) is 0 Å². The predicted octanol–water partition coefficient (Wildman–Crippen LogP) is 0.0471. The number of alkyl halides is 2. The van der Waals surface area contributed by atoms with Crippen LogP contribution in [-0.2, 0) is 11.6 Å². The molecule has 0 radical (unpaired) electrons. The molecule has 1 aromatic rings. The summed E-state index contributed by atoms with van der Waals surface area (Å²) in [6, 6.07) is -3.49. The fraction of sp³-hybridized carbons (Fsp3) is 0.714. The number of aliphatic hydroxyl groups is 2. The molecule has 0 saturated heterocycles. The molecule has 0 aliphatic carbocycles. The zero-order valence-corrected chi connectivity index (χ0v) is 7.78. The van der Waals surface area contributed by atoms with Crippen molar-refractivity contribution < 1.29 is 19.0 Å². The molecule has 7 heteroatoms. The summed E-state index contributed by atoms with van der Waals surface area (Å²) in [5, 5.41) is 24.3. The second-order valence-electron chi connectivity index (χ2n) is 3.43. The molecule has 1 aromatic heterocycles. The topological polar surface area (TPSA) is 71.2 Å². The van der Waals surface area contributed by atoms with Crippen molar-refractivity contribution in [3.63, 3.8) is 0 Å². The molecular formula is C7H11F2N3O2. The third-order valence-electron chi connectivity index (χ3n) is 1.65. The van der Waals surface area contributed by atoms with Crippen molar-refractivity contribution in [2.45, 2.75) is 25.5 Å². The van der Waals surface area contributed by atoms with E-state index in [1.165, 1.54) is 13.8 Å². The van der Waals surface area contributed by atoms with Crippen molar-refractivity contribution in [1.29, 1.82) is 0 Å². The summed E-state index contributed by atoms with van der Waals surface area (Å²) < 4.78 is 25.9. The molecule has 1 rings (SSSR count). The summed E-state index contributed by atoms with van der Waals surface area (Å²) in [5.41, 5.74) is -1.31. The Kier molecular flexibility index (Phi) is 2.55. The summed E-state index contributed by atoms with van der Waals surface area (Å²) in [6.07, 6.45) is 0.899. The lowest BCUT2D eigenvalue weighted by atomic mass is 10.1. The van der Waals surface area contributed by atoms with Gasteiger partial charge in [-0.2, -0.15) is 13.5 Å². The van der Waals surface area contributed by atoms with Crippen LogP contribution in [0.25, 0.3) is 0 Å². The fourth-order valence-corrected chi connectivity index (χ4v) is 0.776. The smallest absolute Gasteiger partial charge is 0.367 e. The highest BCUT2D eigenvalue weighted by atomic mass is 19.3. The molecule has 2 N–H and O–H groups in total. The molecule has 0 aliphatic rings. The largest absolute Gasteiger partial charge is 0.388 e. The Morgan fingerprint density at radius 2 is 2.07 bits per heavy atom. The Balaban J connectivity index is 3.00. The van der Waals surface area contributed by atoms with Crippen molar-refractivity contribution in [1.82, 2.24) is 15.0 Å². The summed E-state index contributed by atoms with van der Waals surface area (Å²) in [4.78, 5) is 0. The number of rotatable bonds is 3. The molecule has 0 fully saturated rings. The normalized spacial score (nSPS) is 13.3. The van der Waals surface area contributed by atoms with E-state index < -0.39 is 18.3 Å². The SMILES string of the molecule is CC(C)(O)c1cn(C(F)(F)CO)nn1. The molecule has 0 bridgehead atoms. The third-order valence-corrected chi connectivity index (χ3v) is 1.65. The maximum absolute atomic E-state index is 12.8. The van der Waals surface area contributed by atoms with Crippen LogP contribution < -0.4 is 0 Å². The first-order valence-electron chi connectivity index (χ1n) is 3.92. The lowest BCUT2D eigenvalue weighted by molar-refractivity contribution is -0.131. The highest BCUT2D eigenvalue weighted by Gasteiger charge is 2.33. The summed E-state index contributed by atoms with van der Waals surface area (Å²) in [6.45, 7) is 1.44. The average Bonchev–Trinajstić information content (AvgIpc) is 2.51. The Morgan fingerprint density at radius 1 is 1.50 bits per heavy atom. The minimum atomic E-state index is -3.49. The van der Waals surface area contributed by atoms with Gasteiger partial charge < -0.3 is 10.2 Å². The predicted molar refractivity (Wildman–Crippen MR) is 42.5 cm³/mol. The molecule has 0 atom stereocenters. The molecule has 80 valence electrons. The lowest BCUT2D eigenvalue weighted by Gasteiger charge is -2.13. The highest BCUT2D eigenvalue weighted by molar-refractivity contribution is 5.03. The van der Waals surface area contributed by atoms with Gasteiger partial charge in [0.05, 0.1) is 6.20 Å². The van der Waals surface area contributed by atoms with E-state index in [0.717, 1.165) is 6.20 Å². The van der Waals surface area contributed by atoms with Crippen LogP contribution in [0.2, 0.25) is 0 Å². The van der Waals surface area contributed by atoms with Gasteiger partial charge in [-0.15, -0.1) is 5.10 Å². The van der Waals surface area contributed by atoms with Gasteiger partial charge in [0.2, 0.25) is 0 Å². The Hall–Kier alpha value is -1.08. The van der Waals surface area contributed by atoms with Crippen LogP contribution in [0.5, 0.6) is 0 Å². The van der Waals surface area contributed by atoms with Crippen LogP contribution in [0.15, 0.2) is 6.20 Å². The fourth-order valence-electron chi connectivity index (χ4n) is 0.776. The zero-order valence-electron chi connectivity index (χ0n) is 7.78. The van der Waals surface area contributed by atoms with E-state index in [4.69, 9.17) is 5.11 Å². The molecule has 0 amide bonds. The van der Waals surface area contributed by atoms with E-state index >= 15 is 0 Å². The first kappa shape index (κ1) is 11.0. The maximum Gasteiger partial charge on any atom is 0.367 e. The minimum absolute atomic E-state index is 0.0191. The zero-order chi connectivity index (χ0) is 11.0. The second-order valence-corrected chi connectivity index (χ2v) is 3.43. The van der Waals surface area contributed by atoms with Crippen molar-refractivity contribution in [2.75, 3.05) is 6.61 Å². The summed E-state index contributed by atoms with van der Waals surface area (Å²) in [5.74, 6) is 0. The van der Waals surface area contributed by atoms with Crippen LogP contribution in [0.3, 0.4) is 0 Å². The van der Waals surface area contributed by atoms with Crippen molar-refractivity contribution in [3.05, 3.63) is 11.9 Å². The molecular weight excluding hydrogens is 196 g/mol. The van der Waals surface area contributed by atoms with Crippen molar-refractivity contribution >= 4 is 0 Å². The van der Waals surface area contributed by atoms with E-state index in [1.54, 1.807) is 0 Å². The van der Waals surface area contributed by atoms with E-state index in [1.807, 2.05) is 0 Å². The van der Waals surface area contributed by atoms with E-state index in [2.05, 4.69) is 10.3 Å². The molecule has 5 nitrogen and oxygen atoms in total. The molecule has 0 unspecified atom stereocenters. The molecule has 14 heavy (non-hydrogen) atoms. The van der Waals surface area contributed by atoms with Crippen LogP contribution >= 0.6 is 0 Å². The van der Waals surface area contributed by atoms with E-state index in [9.17, 15) is 13.9 Å². The first-order chi connectivity index (χ1) is 6.27. The van der Waals surface area contributed by atoms with E-state index in [-0.39, 0.29) is 10.4 Å². The molecule has 1 heterocycles. The Labute approximate surface area is 79.0 Å². The number of nitrogens with zero attached hydrogens (tertiary/aromatic N) is 3. The highest BCUT2D eigenvalue weighted by Crippen LogP contribution is 2.22. The van der Waals surface area contributed by atoms with E-state index in [0.29, 0.717) is 0 Å². The molecule has 0 spiro atoms. The van der Waals surface area contributed by atoms with Gasteiger partial charge in [-0.05, 0) is 13.8 Å². The summed E-state index contributed by atoms with van der Waals surface area (Å²) in [7, 11) is 0. The minimum Gasteiger partial charge on any atom is -0.388 e. The Bertz CT molecular complexity index is 319. The number of hydrogen-bond acceptors (Lipinski definition) is 4. The molecule has 0 saturated carbocycles. The standard InChI is InChI=1S/C7H11F2N3O2/c1-6(2,14)5-3-12(11-10-5)7(8,9)4-13/h3,13-14H,4H2,1-2H3. The number of aliphatic hydroxyl groups excluding tert-OH is 1. The van der Waals surface area contributed by atoms with Crippen LogP contribution in [0, 0.1) is 0 Å². The first-order valence-corrected chi connectivity index (χ1v) is 3.92. The van der Waals surface area contributed by atoms with Gasteiger partial charge >= 0.3 is 6.05 Å². The van der Waals surface area contributed by atoms with Crippen molar-refractivity contribution in [2.24, 2.45) is 0 Å². The van der Waals surface area contributed by atoms with Gasteiger partial charge in [-0.1, -0.05) is 5.21 Å². The monoisotopic (exact) mass is 207 g/mol. The van der Waals surface area contributed by atoms with Crippen molar-refractivity contribution in [3.8, 4) is 0 Å². The third kappa shape index (κ3) is 2.05. The molecule has 0 aromatic carbocycles. The quantitative estimate of drug-likeness (QED) is 0.734. The second kappa shape index (κ2) is 3.25. The van der Waals surface area contributed by atoms with Crippen LogP contribution in [0.1, 0.15) is 19.5 Å². The van der Waals surface area contributed by atoms with Gasteiger partial charge in [-0.25, -0.2) is 0 Å². The van der Waals surface area contributed by atoms with Gasteiger partial charge in [0.15, 0.2) is 0 Å². The van der Waals surface area contributed by atoms with Gasteiger partial charge in [0.25, 0.3) is 0 Å². The average molecular weight is 207 g/mol. The van der Waals surface area contributed by atoms with Gasteiger partial charge in [0, 0.05) is 0 Å². The Morgan fingerprint density at radius 3 is 2.43 bits per heavy atom. The number of aromatic nitrogens is 3. The number of halogens is 2. The van der Waals surface area contributed by atoms with Gasteiger partial charge in [0.1, 0.15) is 17.9 Å². The summed E-state index contributed by atoms with van der Waals surface area (Å²) >= 11 is 0. The van der Waals surface area contributed by atoms with Crippen LogP contribution in [-0.4, -0.2) is 31.8 Å². The maximum atomic E-state index is 12.8.